The average Bonchev–Trinajstić information content (AvgIpc) is 2.46. The molecule has 0 saturated carbocycles. The smallest absolute Gasteiger partial charge is 0.335 e. The second-order valence-electron chi connectivity index (χ2n) is 4.61. The maximum atomic E-state index is 11.9. The SMILES string of the molecule is COC(=O)CC1Nc2c(C)cccc2C=C1C(=O)OC. The third-order valence-corrected chi connectivity index (χ3v) is 3.33. The van der Waals surface area contributed by atoms with Crippen LogP contribution >= 0.6 is 0 Å². The number of carbonyl (C=O) groups excluding carboxylic acids is 2. The first-order valence-electron chi connectivity index (χ1n) is 6.29. The summed E-state index contributed by atoms with van der Waals surface area (Å²) in [4.78, 5) is 23.4. The summed E-state index contributed by atoms with van der Waals surface area (Å²) in [6, 6.07) is 5.36. The van der Waals surface area contributed by atoms with E-state index in [1.165, 1.54) is 14.2 Å². The Labute approximate surface area is 117 Å². The van der Waals surface area contributed by atoms with Gasteiger partial charge in [-0.05, 0) is 24.1 Å². The molecule has 1 aliphatic heterocycles. The summed E-state index contributed by atoms with van der Waals surface area (Å²) < 4.78 is 9.46. The summed E-state index contributed by atoms with van der Waals surface area (Å²) in [5.41, 5.74) is 3.31. The van der Waals surface area contributed by atoms with Gasteiger partial charge in [-0.2, -0.15) is 0 Å². The summed E-state index contributed by atoms with van der Waals surface area (Å²) in [7, 11) is 2.65. The van der Waals surface area contributed by atoms with Crippen molar-refractivity contribution < 1.29 is 19.1 Å². The Morgan fingerprint density at radius 3 is 2.65 bits per heavy atom. The number of esters is 2. The van der Waals surface area contributed by atoms with E-state index in [0.717, 1.165) is 16.8 Å². The molecule has 1 aromatic rings. The van der Waals surface area contributed by atoms with Gasteiger partial charge in [0.25, 0.3) is 0 Å². The van der Waals surface area contributed by atoms with E-state index >= 15 is 0 Å². The molecule has 2 rings (SSSR count). The molecule has 0 spiro atoms. The molecule has 0 amide bonds. The highest BCUT2D eigenvalue weighted by atomic mass is 16.5. The number of aryl methyl sites for hydroxylation is 1. The number of hydrogen-bond donors (Lipinski definition) is 1. The Bertz CT molecular complexity index is 577. The van der Waals surface area contributed by atoms with Gasteiger partial charge in [0, 0.05) is 5.69 Å². The van der Waals surface area contributed by atoms with Crippen molar-refractivity contribution in [2.24, 2.45) is 0 Å². The molecule has 0 radical (unpaired) electrons. The molecule has 0 aromatic heterocycles. The van der Waals surface area contributed by atoms with Crippen LogP contribution in [0.5, 0.6) is 0 Å². The van der Waals surface area contributed by atoms with Gasteiger partial charge in [0.2, 0.25) is 0 Å². The van der Waals surface area contributed by atoms with Gasteiger partial charge in [-0.15, -0.1) is 0 Å². The van der Waals surface area contributed by atoms with Gasteiger partial charge in [-0.3, -0.25) is 4.79 Å². The lowest BCUT2D eigenvalue weighted by Gasteiger charge is -2.27. The van der Waals surface area contributed by atoms with E-state index in [2.05, 4.69) is 10.1 Å². The Balaban J connectivity index is 2.41. The molecule has 1 unspecified atom stereocenters. The lowest BCUT2D eigenvalue weighted by Crippen LogP contribution is -2.33. The molecule has 1 heterocycles. The summed E-state index contributed by atoms with van der Waals surface area (Å²) in [5, 5.41) is 3.23. The summed E-state index contributed by atoms with van der Waals surface area (Å²) in [5.74, 6) is -0.826. The molecule has 20 heavy (non-hydrogen) atoms. The monoisotopic (exact) mass is 275 g/mol. The fourth-order valence-electron chi connectivity index (χ4n) is 2.26. The first kappa shape index (κ1) is 14.1. The normalized spacial score (nSPS) is 16.6. The van der Waals surface area contributed by atoms with E-state index in [0.29, 0.717) is 5.57 Å². The van der Waals surface area contributed by atoms with Gasteiger partial charge in [0.05, 0.1) is 32.3 Å². The minimum Gasteiger partial charge on any atom is -0.469 e. The maximum absolute atomic E-state index is 11.9. The van der Waals surface area contributed by atoms with Gasteiger partial charge in [0.15, 0.2) is 0 Å². The number of para-hydroxylation sites is 1. The van der Waals surface area contributed by atoms with Gasteiger partial charge in [0.1, 0.15) is 0 Å². The molecule has 1 N–H and O–H groups in total. The van der Waals surface area contributed by atoms with Crippen LogP contribution in [-0.2, 0) is 19.1 Å². The van der Waals surface area contributed by atoms with Crippen LogP contribution < -0.4 is 5.32 Å². The molecule has 5 nitrogen and oxygen atoms in total. The third kappa shape index (κ3) is 2.66. The highest BCUT2D eigenvalue weighted by Crippen LogP contribution is 2.31. The second-order valence-corrected chi connectivity index (χ2v) is 4.61. The Hall–Kier alpha value is -2.30. The van der Waals surface area contributed by atoms with E-state index in [-0.39, 0.29) is 12.4 Å². The Morgan fingerprint density at radius 2 is 2.00 bits per heavy atom. The minimum absolute atomic E-state index is 0.0746. The van der Waals surface area contributed by atoms with Crippen molar-refractivity contribution in [2.45, 2.75) is 19.4 Å². The molecule has 0 fully saturated rings. The number of hydrogen-bond acceptors (Lipinski definition) is 5. The highest BCUT2D eigenvalue weighted by molar-refractivity contribution is 5.99. The Morgan fingerprint density at radius 1 is 1.25 bits per heavy atom. The number of anilines is 1. The van der Waals surface area contributed by atoms with E-state index in [4.69, 9.17) is 4.74 Å². The van der Waals surface area contributed by atoms with E-state index in [1.54, 1.807) is 6.08 Å². The van der Waals surface area contributed by atoms with Crippen molar-refractivity contribution in [3.63, 3.8) is 0 Å². The molecule has 5 heteroatoms. The minimum atomic E-state index is -0.446. The summed E-state index contributed by atoms with van der Waals surface area (Å²) >= 11 is 0. The number of carbonyl (C=O) groups is 2. The fraction of sp³-hybridized carbons (Fsp3) is 0.333. The van der Waals surface area contributed by atoms with E-state index in [1.807, 2.05) is 25.1 Å². The number of rotatable bonds is 3. The van der Waals surface area contributed by atoms with Crippen LogP contribution in [0.25, 0.3) is 6.08 Å². The summed E-state index contributed by atoms with van der Waals surface area (Å²) in [6.45, 7) is 1.97. The predicted octanol–water partition coefficient (Wildman–Crippen LogP) is 1.91. The number of methoxy groups -OCH3 is 2. The lowest BCUT2D eigenvalue weighted by atomic mass is 9.93. The zero-order valence-electron chi connectivity index (χ0n) is 11.7. The van der Waals surface area contributed by atoms with E-state index < -0.39 is 12.0 Å². The lowest BCUT2D eigenvalue weighted by molar-refractivity contribution is -0.140. The highest BCUT2D eigenvalue weighted by Gasteiger charge is 2.29. The molecule has 1 aromatic carbocycles. The second kappa shape index (κ2) is 5.77. The van der Waals surface area contributed by atoms with Gasteiger partial charge in [-0.1, -0.05) is 18.2 Å². The van der Waals surface area contributed by atoms with Crippen molar-refractivity contribution in [2.75, 3.05) is 19.5 Å². The van der Waals surface area contributed by atoms with Gasteiger partial charge < -0.3 is 14.8 Å². The zero-order chi connectivity index (χ0) is 14.7. The number of fused-ring (bicyclic) bond motifs is 1. The molecular weight excluding hydrogens is 258 g/mol. The Kier molecular flexibility index (Phi) is 4.08. The first-order valence-corrected chi connectivity index (χ1v) is 6.29. The zero-order valence-corrected chi connectivity index (χ0v) is 11.7. The average molecular weight is 275 g/mol. The van der Waals surface area contributed by atoms with Crippen LogP contribution in [0.2, 0.25) is 0 Å². The van der Waals surface area contributed by atoms with Crippen molar-refractivity contribution in [1.82, 2.24) is 0 Å². The standard InChI is InChI=1S/C15H17NO4/c1-9-5-4-6-10-7-11(15(18)20-3)12(16-14(9)10)8-13(17)19-2/h4-7,12,16H,8H2,1-3H3. The third-order valence-electron chi connectivity index (χ3n) is 3.33. The maximum Gasteiger partial charge on any atom is 0.335 e. The van der Waals surface area contributed by atoms with Crippen LogP contribution in [0.1, 0.15) is 17.5 Å². The van der Waals surface area contributed by atoms with Crippen LogP contribution in [0.4, 0.5) is 5.69 Å². The summed E-state index contributed by atoms with van der Waals surface area (Å²) in [6.07, 6.45) is 1.84. The number of nitrogens with one attached hydrogen (secondary N) is 1. The van der Waals surface area contributed by atoms with Crippen molar-refractivity contribution in [3.05, 3.63) is 34.9 Å². The first-order chi connectivity index (χ1) is 9.56. The van der Waals surface area contributed by atoms with Crippen molar-refractivity contribution in [1.29, 1.82) is 0 Å². The molecule has 0 bridgehead atoms. The fourth-order valence-corrected chi connectivity index (χ4v) is 2.26. The molecule has 106 valence electrons. The number of ether oxygens (including phenoxy) is 2. The van der Waals surface area contributed by atoms with Crippen LogP contribution in [0, 0.1) is 6.92 Å². The molecule has 0 saturated heterocycles. The van der Waals surface area contributed by atoms with Crippen molar-refractivity contribution in [3.8, 4) is 0 Å². The molecule has 0 aliphatic carbocycles. The van der Waals surface area contributed by atoms with Crippen molar-refractivity contribution >= 4 is 23.7 Å². The molecular formula is C15H17NO4. The van der Waals surface area contributed by atoms with Crippen LogP contribution in [0.15, 0.2) is 23.8 Å². The predicted molar refractivity (Wildman–Crippen MR) is 75.2 cm³/mol. The van der Waals surface area contributed by atoms with Gasteiger partial charge >= 0.3 is 11.9 Å². The topological polar surface area (TPSA) is 64.6 Å². The largest absolute Gasteiger partial charge is 0.469 e. The molecule has 1 atom stereocenters. The van der Waals surface area contributed by atoms with Crippen LogP contribution in [0.3, 0.4) is 0 Å². The van der Waals surface area contributed by atoms with E-state index in [9.17, 15) is 9.59 Å². The quantitative estimate of drug-likeness (QED) is 0.854. The molecule has 1 aliphatic rings. The van der Waals surface area contributed by atoms with Crippen LogP contribution in [-0.4, -0.2) is 32.2 Å². The van der Waals surface area contributed by atoms with Gasteiger partial charge in [-0.25, -0.2) is 4.79 Å². The number of benzene rings is 1.